The predicted molar refractivity (Wildman–Crippen MR) is 98.7 cm³/mol. The molecule has 0 fully saturated rings. The van der Waals surface area contributed by atoms with Gasteiger partial charge < -0.3 is 15.4 Å². The van der Waals surface area contributed by atoms with E-state index < -0.39 is 11.7 Å². The summed E-state index contributed by atoms with van der Waals surface area (Å²) in [6.45, 7) is 16.8. The standard InChI is InChI=1S/C19H32N2O3/c1-7-10-12-15(17(22)20-14-9-3)16(13-11-8-2)21-18(23)24-19(4,5)6/h7-9,15-16H,1-3,10-14H2,4-6H3,(H,20,22)(H,21,23)/t15-,16+/m1/s1. The summed E-state index contributed by atoms with van der Waals surface area (Å²) < 4.78 is 5.32. The summed E-state index contributed by atoms with van der Waals surface area (Å²) in [6.07, 6.45) is 7.25. The van der Waals surface area contributed by atoms with E-state index in [-0.39, 0.29) is 17.9 Å². The molecule has 0 saturated carbocycles. The molecule has 5 heteroatoms. The molecule has 0 heterocycles. The van der Waals surface area contributed by atoms with Gasteiger partial charge in [-0.1, -0.05) is 18.2 Å². The minimum absolute atomic E-state index is 0.109. The number of carbonyl (C=O) groups is 2. The Balaban J connectivity index is 5.14. The number of hydrogen-bond acceptors (Lipinski definition) is 3. The summed E-state index contributed by atoms with van der Waals surface area (Å²) in [6, 6.07) is -0.331. The Bertz CT molecular complexity index is 438. The van der Waals surface area contributed by atoms with E-state index in [1.54, 1.807) is 39.0 Å². The molecule has 136 valence electrons. The number of carbonyl (C=O) groups excluding carboxylic acids is 2. The Kier molecular flexibility index (Phi) is 10.5. The highest BCUT2D eigenvalue weighted by molar-refractivity contribution is 5.80. The molecule has 0 rings (SSSR count). The van der Waals surface area contributed by atoms with Gasteiger partial charge in [0.25, 0.3) is 0 Å². The van der Waals surface area contributed by atoms with E-state index in [9.17, 15) is 9.59 Å². The molecule has 2 N–H and O–H groups in total. The first-order valence-corrected chi connectivity index (χ1v) is 8.35. The maximum atomic E-state index is 12.5. The van der Waals surface area contributed by atoms with E-state index in [1.165, 1.54) is 0 Å². The molecule has 0 aliphatic rings. The Labute approximate surface area is 146 Å². The average molecular weight is 336 g/mol. The van der Waals surface area contributed by atoms with Crippen LogP contribution < -0.4 is 10.6 Å². The lowest BCUT2D eigenvalue weighted by Gasteiger charge is -2.28. The molecule has 0 spiro atoms. The van der Waals surface area contributed by atoms with Crippen LogP contribution in [0.4, 0.5) is 4.79 Å². The van der Waals surface area contributed by atoms with Crippen molar-refractivity contribution < 1.29 is 14.3 Å². The number of ether oxygens (including phenoxy) is 1. The van der Waals surface area contributed by atoms with Gasteiger partial charge in [0.15, 0.2) is 0 Å². The van der Waals surface area contributed by atoms with Gasteiger partial charge in [-0.25, -0.2) is 4.79 Å². The van der Waals surface area contributed by atoms with Crippen LogP contribution in [0.1, 0.15) is 46.5 Å². The molecule has 0 aromatic heterocycles. The fraction of sp³-hybridized carbons (Fsp3) is 0.579. The second kappa shape index (κ2) is 11.5. The monoisotopic (exact) mass is 336 g/mol. The molecule has 0 aliphatic heterocycles. The highest BCUT2D eigenvalue weighted by Crippen LogP contribution is 2.18. The summed E-state index contributed by atoms with van der Waals surface area (Å²) in [5.74, 6) is -0.475. The zero-order chi connectivity index (χ0) is 18.6. The fourth-order valence-electron chi connectivity index (χ4n) is 2.25. The fourth-order valence-corrected chi connectivity index (χ4v) is 2.25. The number of rotatable bonds is 11. The van der Waals surface area contributed by atoms with Crippen LogP contribution in [0.5, 0.6) is 0 Å². The molecular formula is C19H32N2O3. The van der Waals surface area contributed by atoms with Gasteiger partial charge in [-0.2, -0.15) is 0 Å². The summed E-state index contributed by atoms with van der Waals surface area (Å²) in [5.41, 5.74) is -0.589. The predicted octanol–water partition coefficient (Wildman–Crippen LogP) is 3.73. The van der Waals surface area contributed by atoms with Crippen molar-refractivity contribution in [3.8, 4) is 0 Å². The summed E-state index contributed by atoms with van der Waals surface area (Å²) in [4.78, 5) is 24.6. The summed E-state index contributed by atoms with van der Waals surface area (Å²) in [5, 5.41) is 5.66. The van der Waals surface area contributed by atoms with Crippen molar-refractivity contribution in [2.24, 2.45) is 5.92 Å². The zero-order valence-electron chi connectivity index (χ0n) is 15.3. The maximum Gasteiger partial charge on any atom is 0.407 e. The molecule has 2 amide bonds. The number of nitrogens with one attached hydrogen (secondary N) is 2. The molecule has 2 atom stereocenters. The maximum absolute atomic E-state index is 12.5. The van der Waals surface area contributed by atoms with E-state index in [0.717, 1.165) is 0 Å². The third kappa shape index (κ3) is 9.87. The van der Waals surface area contributed by atoms with Crippen LogP contribution in [0.3, 0.4) is 0 Å². The van der Waals surface area contributed by atoms with Crippen LogP contribution in [0.25, 0.3) is 0 Å². The van der Waals surface area contributed by atoms with Gasteiger partial charge in [-0.15, -0.1) is 19.7 Å². The molecule has 0 aliphatic carbocycles. The Morgan fingerprint density at radius 2 is 1.62 bits per heavy atom. The van der Waals surface area contributed by atoms with Crippen LogP contribution in [0.2, 0.25) is 0 Å². The normalized spacial score (nSPS) is 13.3. The molecule has 0 unspecified atom stereocenters. The van der Waals surface area contributed by atoms with Gasteiger partial charge in [-0.3, -0.25) is 4.79 Å². The van der Waals surface area contributed by atoms with Gasteiger partial charge in [-0.05, 0) is 46.5 Å². The minimum atomic E-state index is -0.589. The van der Waals surface area contributed by atoms with Crippen LogP contribution in [0, 0.1) is 5.92 Å². The van der Waals surface area contributed by atoms with Gasteiger partial charge in [0, 0.05) is 12.6 Å². The quantitative estimate of drug-likeness (QED) is 0.565. The lowest BCUT2D eigenvalue weighted by atomic mass is 9.90. The second-order valence-corrected chi connectivity index (χ2v) is 6.63. The van der Waals surface area contributed by atoms with Crippen molar-refractivity contribution in [1.29, 1.82) is 0 Å². The SMILES string of the molecule is C=CCC[C@H](NC(=O)OC(C)(C)C)[C@@H](CCC=C)C(=O)NCC=C. The van der Waals surface area contributed by atoms with Gasteiger partial charge >= 0.3 is 6.09 Å². The molecule has 0 bridgehead atoms. The third-order valence-corrected chi connectivity index (χ3v) is 3.31. The number of allylic oxidation sites excluding steroid dienone is 2. The molecule has 0 radical (unpaired) electrons. The Morgan fingerprint density at radius 3 is 2.12 bits per heavy atom. The van der Waals surface area contributed by atoms with Crippen molar-refractivity contribution in [2.75, 3.05) is 6.54 Å². The van der Waals surface area contributed by atoms with Crippen molar-refractivity contribution in [2.45, 2.75) is 58.1 Å². The second-order valence-electron chi connectivity index (χ2n) is 6.63. The van der Waals surface area contributed by atoms with E-state index in [1.807, 2.05) is 0 Å². The minimum Gasteiger partial charge on any atom is -0.444 e. The van der Waals surface area contributed by atoms with Crippen LogP contribution in [-0.2, 0) is 9.53 Å². The largest absolute Gasteiger partial charge is 0.444 e. The highest BCUT2D eigenvalue weighted by atomic mass is 16.6. The average Bonchev–Trinajstić information content (AvgIpc) is 2.48. The molecule has 5 nitrogen and oxygen atoms in total. The van der Waals surface area contributed by atoms with Crippen molar-refractivity contribution >= 4 is 12.0 Å². The van der Waals surface area contributed by atoms with E-state index in [0.29, 0.717) is 32.2 Å². The molecular weight excluding hydrogens is 304 g/mol. The summed E-state index contributed by atoms with van der Waals surface area (Å²) in [7, 11) is 0. The van der Waals surface area contributed by atoms with Gasteiger partial charge in [0.05, 0.1) is 5.92 Å². The van der Waals surface area contributed by atoms with Crippen molar-refractivity contribution in [1.82, 2.24) is 10.6 Å². The Hall–Kier alpha value is -2.04. The lowest BCUT2D eigenvalue weighted by molar-refractivity contribution is -0.125. The van der Waals surface area contributed by atoms with Crippen molar-refractivity contribution in [3.63, 3.8) is 0 Å². The first kappa shape index (κ1) is 22.0. The first-order valence-electron chi connectivity index (χ1n) is 8.35. The first-order chi connectivity index (χ1) is 11.2. The Morgan fingerprint density at radius 1 is 1.04 bits per heavy atom. The summed E-state index contributed by atoms with van der Waals surface area (Å²) >= 11 is 0. The van der Waals surface area contributed by atoms with E-state index in [4.69, 9.17) is 4.74 Å². The number of amides is 2. The van der Waals surface area contributed by atoms with Gasteiger partial charge in [0.2, 0.25) is 5.91 Å². The molecule has 0 aromatic carbocycles. The smallest absolute Gasteiger partial charge is 0.407 e. The number of alkyl carbamates (subject to hydrolysis) is 1. The van der Waals surface area contributed by atoms with Crippen LogP contribution in [0.15, 0.2) is 38.0 Å². The van der Waals surface area contributed by atoms with Crippen LogP contribution >= 0.6 is 0 Å². The highest BCUT2D eigenvalue weighted by Gasteiger charge is 2.29. The third-order valence-electron chi connectivity index (χ3n) is 3.31. The molecule has 0 aromatic rings. The van der Waals surface area contributed by atoms with E-state index in [2.05, 4.69) is 30.4 Å². The van der Waals surface area contributed by atoms with Crippen molar-refractivity contribution in [3.05, 3.63) is 38.0 Å². The molecule has 0 saturated heterocycles. The van der Waals surface area contributed by atoms with E-state index >= 15 is 0 Å². The number of hydrogen-bond donors (Lipinski definition) is 2. The topological polar surface area (TPSA) is 67.4 Å². The lowest BCUT2D eigenvalue weighted by Crippen LogP contribution is -2.48. The zero-order valence-corrected chi connectivity index (χ0v) is 15.3. The van der Waals surface area contributed by atoms with Crippen LogP contribution in [-0.4, -0.2) is 30.2 Å². The van der Waals surface area contributed by atoms with Gasteiger partial charge in [0.1, 0.15) is 5.60 Å². The molecule has 24 heavy (non-hydrogen) atoms.